The third-order valence-corrected chi connectivity index (χ3v) is 3.35. The maximum atomic E-state index is 11.4. The summed E-state index contributed by atoms with van der Waals surface area (Å²) in [6, 6.07) is 11.2. The second kappa shape index (κ2) is 6.03. The Morgan fingerprint density at radius 2 is 2.09 bits per heavy atom. The van der Waals surface area contributed by atoms with Gasteiger partial charge < -0.3 is 15.5 Å². The summed E-state index contributed by atoms with van der Waals surface area (Å²) in [4.78, 5) is 11.4. The number of nitrogens with one attached hydrogen (secondary N) is 1. The highest BCUT2D eigenvalue weighted by atomic mass is 35.5. The van der Waals surface area contributed by atoms with Crippen LogP contribution < -0.4 is 11.1 Å². The number of halogens is 1. The average molecular weight is 317 g/mol. The number of primary amides is 1. The molecule has 0 saturated carbocycles. The molecule has 0 aliphatic carbocycles. The molecule has 2 heterocycles. The van der Waals surface area contributed by atoms with E-state index >= 15 is 0 Å². The number of nitrogens with zero attached hydrogens (tertiary/aromatic N) is 2. The summed E-state index contributed by atoms with van der Waals surface area (Å²) in [7, 11) is 0. The van der Waals surface area contributed by atoms with E-state index in [1.165, 1.54) is 6.07 Å². The number of furan rings is 1. The van der Waals surface area contributed by atoms with Crippen LogP contribution >= 0.6 is 11.6 Å². The van der Waals surface area contributed by atoms with Crippen molar-refractivity contribution >= 4 is 34.3 Å². The van der Waals surface area contributed by atoms with Crippen molar-refractivity contribution in [2.75, 3.05) is 11.9 Å². The molecule has 3 N–H and O–H groups in total. The van der Waals surface area contributed by atoms with E-state index in [1.54, 1.807) is 0 Å². The van der Waals surface area contributed by atoms with Gasteiger partial charge in [-0.15, -0.1) is 10.2 Å². The zero-order valence-electron chi connectivity index (χ0n) is 11.5. The zero-order valence-corrected chi connectivity index (χ0v) is 12.3. The van der Waals surface area contributed by atoms with Gasteiger partial charge in [-0.25, -0.2) is 0 Å². The molecule has 0 fully saturated rings. The number of carbonyl (C=O) groups excluding carboxylic acids is 1. The van der Waals surface area contributed by atoms with Gasteiger partial charge >= 0.3 is 0 Å². The van der Waals surface area contributed by atoms with E-state index in [0.29, 0.717) is 18.8 Å². The van der Waals surface area contributed by atoms with Gasteiger partial charge in [0.2, 0.25) is 0 Å². The summed E-state index contributed by atoms with van der Waals surface area (Å²) in [5.41, 5.74) is 6.35. The molecule has 0 saturated heterocycles. The van der Waals surface area contributed by atoms with Crippen molar-refractivity contribution < 1.29 is 9.21 Å². The molecule has 3 aromatic rings. The van der Waals surface area contributed by atoms with Gasteiger partial charge in [0.05, 0.1) is 5.56 Å². The summed E-state index contributed by atoms with van der Waals surface area (Å²) in [6.07, 6.45) is 0.636. The van der Waals surface area contributed by atoms with Gasteiger partial charge in [0.15, 0.2) is 11.0 Å². The Bertz CT molecular complexity index is 798. The highest BCUT2D eigenvalue weighted by Crippen LogP contribution is 2.19. The lowest BCUT2D eigenvalue weighted by Crippen LogP contribution is -2.17. The van der Waals surface area contributed by atoms with Crippen molar-refractivity contribution in [2.45, 2.75) is 6.42 Å². The predicted molar refractivity (Wildman–Crippen MR) is 84.0 cm³/mol. The Hall–Kier alpha value is -2.60. The van der Waals surface area contributed by atoms with Gasteiger partial charge in [0.25, 0.3) is 5.91 Å². The van der Waals surface area contributed by atoms with Crippen molar-refractivity contribution in [1.82, 2.24) is 10.2 Å². The molecule has 3 rings (SSSR count). The SMILES string of the molecule is NC(=O)c1cc(Cl)nnc1NCCc1cc2ccccc2o1. The Morgan fingerprint density at radius 3 is 2.86 bits per heavy atom. The van der Waals surface area contributed by atoms with Crippen LogP contribution in [-0.2, 0) is 6.42 Å². The van der Waals surface area contributed by atoms with E-state index in [4.69, 9.17) is 21.8 Å². The number of hydrogen-bond acceptors (Lipinski definition) is 5. The van der Waals surface area contributed by atoms with Gasteiger partial charge in [-0.05, 0) is 18.2 Å². The summed E-state index contributed by atoms with van der Waals surface area (Å²) in [5, 5.41) is 11.8. The lowest BCUT2D eigenvalue weighted by Gasteiger charge is -2.07. The highest BCUT2D eigenvalue weighted by Gasteiger charge is 2.11. The molecule has 112 valence electrons. The molecule has 0 aliphatic heterocycles. The number of fused-ring (bicyclic) bond motifs is 1. The maximum Gasteiger partial charge on any atom is 0.252 e. The minimum atomic E-state index is -0.608. The molecule has 2 aromatic heterocycles. The summed E-state index contributed by atoms with van der Waals surface area (Å²) in [6.45, 7) is 0.524. The topological polar surface area (TPSA) is 94.0 Å². The number of amides is 1. The number of para-hydroxylation sites is 1. The van der Waals surface area contributed by atoms with Gasteiger partial charge in [-0.3, -0.25) is 4.79 Å². The van der Waals surface area contributed by atoms with Crippen LogP contribution in [0.1, 0.15) is 16.1 Å². The molecule has 0 bridgehead atoms. The van der Waals surface area contributed by atoms with E-state index < -0.39 is 5.91 Å². The molecular weight excluding hydrogens is 304 g/mol. The Labute approximate surface area is 131 Å². The molecule has 1 amide bonds. The van der Waals surface area contributed by atoms with Crippen LogP contribution in [0, 0.1) is 0 Å². The number of benzene rings is 1. The van der Waals surface area contributed by atoms with Crippen LogP contribution in [0.3, 0.4) is 0 Å². The third kappa shape index (κ3) is 3.01. The van der Waals surface area contributed by atoms with Crippen LogP contribution in [0.4, 0.5) is 5.82 Å². The predicted octanol–water partition coefficient (Wildman–Crippen LogP) is 2.63. The fraction of sp³-hybridized carbons (Fsp3) is 0.133. The lowest BCUT2D eigenvalue weighted by molar-refractivity contribution is 0.100. The first-order chi connectivity index (χ1) is 10.6. The maximum absolute atomic E-state index is 11.4. The molecular formula is C15H13ClN4O2. The smallest absolute Gasteiger partial charge is 0.252 e. The summed E-state index contributed by atoms with van der Waals surface area (Å²) in [5.74, 6) is 0.548. The Morgan fingerprint density at radius 1 is 1.27 bits per heavy atom. The molecule has 0 spiro atoms. The molecule has 22 heavy (non-hydrogen) atoms. The van der Waals surface area contributed by atoms with Crippen LogP contribution in [0.25, 0.3) is 11.0 Å². The molecule has 0 radical (unpaired) electrons. The van der Waals surface area contributed by atoms with E-state index in [0.717, 1.165) is 16.7 Å². The van der Waals surface area contributed by atoms with Gasteiger partial charge in [0.1, 0.15) is 11.3 Å². The molecule has 6 nitrogen and oxygen atoms in total. The second-order valence-corrected chi connectivity index (χ2v) is 5.11. The lowest BCUT2D eigenvalue weighted by atomic mass is 10.2. The van der Waals surface area contributed by atoms with Crippen LogP contribution in [-0.4, -0.2) is 22.6 Å². The van der Waals surface area contributed by atoms with E-state index in [9.17, 15) is 4.79 Å². The van der Waals surface area contributed by atoms with Crippen LogP contribution in [0.15, 0.2) is 40.8 Å². The molecule has 0 unspecified atom stereocenters. The van der Waals surface area contributed by atoms with Crippen molar-refractivity contribution in [3.63, 3.8) is 0 Å². The largest absolute Gasteiger partial charge is 0.461 e. The van der Waals surface area contributed by atoms with Crippen molar-refractivity contribution in [3.05, 3.63) is 52.9 Å². The fourth-order valence-electron chi connectivity index (χ4n) is 2.15. The third-order valence-electron chi connectivity index (χ3n) is 3.17. The van der Waals surface area contributed by atoms with Gasteiger partial charge in [-0.1, -0.05) is 29.8 Å². The number of aromatic nitrogens is 2. The van der Waals surface area contributed by atoms with Crippen molar-refractivity contribution in [3.8, 4) is 0 Å². The van der Waals surface area contributed by atoms with Crippen LogP contribution in [0.5, 0.6) is 0 Å². The number of carbonyl (C=O) groups is 1. The molecule has 7 heteroatoms. The molecule has 0 aliphatic rings. The highest BCUT2D eigenvalue weighted by molar-refractivity contribution is 6.29. The van der Waals surface area contributed by atoms with E-state index in [2.05, 4.69) is 15.5 Å². The van der Waals surface area contributed by atoms with Crippen LogP contribution in [0.2, 0.25) is 5.15 Å². The molecule has 0 atom stereocenters. The first kappa shape index (κ1) is 14.3. The monoisotopic (exact) mass is 316 g/mol. The summed E-state index contributed by atoms with van der Waals surface area (Å²) < 4.78 is 5.71. The number of rotatable bonds is 5. The summed E-state index contributed by atoms with van der Waals surface area (Å²) >= 11 is 5.71. The minimum Gasteiger partial charge on any atom is -0.461 e. The minimum absolute atomic E-state index is 0.122. The standard InChI is InChI=1S/C15H13ClN4O2/c16-13-8-11(14(17)21)15(20-19-13)18-6-5-10-7-9-3-1-2-4-12(9)22-10/h1-4,7-8H,5-6H2,(H2,17,21)(H,18,20). The average Bonchev–Trinajstić information content (AvgIpc) is 2.91. The Kier molecular flexibility index (Phi) is 3.93. The van der Waals surface area contributed by atoms with Gasteiger partial charge in [-0.2, -0.15) is 0 Å². The fourth-order valence-corrected chi connectivity index (χ4v) is 2.30. The number of hydrogen-bond donors (Lipinski definition) is 2. The van der Waals surface area contributed by atoms with Gasteiger partial charge in [0, 0.05) is 18.4 Å². The first-order valence-electron chi connectivity index (χ1n) is 6.68. The Balaban J connectivity index is 1.69. The van der Waals surface area contributed by atoms with E-state index in [-0.39, 0.29) is 10.7 Å². The number of anilines is 1. The number of nitrogens with two attached hydrogens (primary N) is 1. The quantitative estimate of drug-likeness (QED) is 0.754. The van der Waals surface area contributed by atoms with Crippen molar-refractivity contribution in [2.24, 2.45) is 5.73 Å². The molecule has 1 aromatic carbocycles. The zero-order chi connectivity index (χ0) is 15.5. The first-order valence-corrected chi connectivity index (χ1v) is 7.05. The second-order valence-electron chi connectivity index (χ2n) is 4.72. The normalized spacial score (nSPS) is 10.8. The van der Waals surface area contributed by atoms with E-state index in [1.807, 2.05) is 30.3 Å². The van der Waals surface area contributed by atoms with Crippen molar-refractivity contribution in [1.29, 1.82) is 0 Å².